The van der Waals surface area contributed by atoms with Crippen LogP contribution in [0.25, 0.3) is 20.7 Å². The quantitative estimate of drug-likeness (QED) is 0.749. The van der Waals surface area contributed by atoms with Crippen molar-refractivity contribution >= 4 is 33.5 Å². The first kappa shape index (κ1) is 16.8. The normalized spacial score (nSPS) is 10.6. The van der Waals surface area contributed by atoms with Crippen molar-refractivity contribution in [3.63, 3.8) is 0 Å². The molecule has 2 N–H and O–H groups in total. The molecule has 8 heteroatoms. The summed E-state index contributed by atoms with van der Waals surface area (Å²) < 4.78 is 1.67. The minimum atomic E-state index is -0.620. The number of amides is 3. The van der Waals surface area contributed by atoms with Gasteiger partial charge in [-0.2, -0.15) is 0 Å². The highest BCUT2D eigenvalue weighted by Crippen LogP contribution is 2.31. The van der Waals surface area contributed by atoms with Crippen molar-refractivity contribution in [2.75, 3.05) is 7.05 Å². The first-order chi connectivity index (χ1) is 12.0. The van der Waals surface area contributed by atoms with Gasteiger partial charge in [-0.1, -0.05) is 29.8 Å². The van der Waals surface area contributed by atoms with Crippen LogP contribution in [0.2, 0.25) is 0 Å². The fourth-order valence-corrected chi connectivity index (χ4v) is 3.44. The monoisotopic (exact) mass is 356 g/mol. The van der Waals surface area contributed by atoms with Gasteiger partial charge in [0.05, 0.1) is 11.8 Å². The maximum absolute atomic E-state index is 12.6. The van der Waals surface area contributed by atoms with Crippen molar-refractivity contribution in [2.24, 2.45) is 0 Å². The van der Waals surface area contributed by atoms with Gasteiger partial charge in [0, 0.05) is 11.9 Å². The van der Waals surface area contributed by atoms with E-state index < -0.39 is 11.9 Å². The number of nitrogens with one attached hydrogen (secondary N) is 2. The molecule has 0 saturated carbocycles. The van der Waals surface area contributed by atoms with Crippen LogP contribution in [0.3, 0.4) is 0 Å². The van der Waals surface area contributed by atoms with E-state index in [0.29, 0.717) is 10.2 Å². The molecule has 0 saturated heterocycles. The van der Waals surface area contributed by atoms with E-state index in [0.717, 1.165) is 16.0 Å². The molecule has 128 valence electrons. The predicted molar refractivity (Wildman–Crippen MR) is 96.7 cm³/mol. The summed E-state index contributed by atoms with van der Waals surface area (Å²) >= 11 is 1.34. The van der Waals surface area contributed by atoms with Crippen LogP contribution in [0.1, 0.15) is 5.56 Å². The average molecular weight is 356 g/mol. The second-order valence-electron chi connectivity index (χ2n) is 5.50. The first-order valence-corrected chi connectivity index (χ1v) is 8.37. The molecule has 0 atom stereocenters. The standard InChI is InChI=1S/C17H16N4O3S/c1-10-4-3-5-11(6-10)13-7-12-15(25-13)16(23)21(9-19-12)8-14(22)20-17(24)18-2/h3-7,9H,8H2,1-2H3,(H2,18,20,22,24). The zero-order valence-electron chi connectivity index (χ0n) is 13.7. The van der Waals surface area contributed by atoms with Crippen LogP contribution < -0.4 is 16.2 Å². The number of aryl methyl sites for hydroxylation is 1. The van der Waals surface area contributed by atoms with E-state index in [1.165, 1.54) is 29.3 Å². The summed E-state index contributed by atoms with van der Waals surface area (Å²) in [5, 5.41) is 4.40. The lowest BCUT2D eigenvalue weighted by Crippen LogP contribution is -2.40. The summed E-state index contributed by atoms with van der Waals surface area (Å²) in [6.45, 7) is 1.74. The van der Waals surface area contributed by atoms with Gasteiger partial charge < -0.3 is 5.32 Å². The van der Waals surface area contributed by atoms with Gasteiger partial charge in [-0.3, -0.25) is 19.5 Å². The van der Waals surface area contributed by atoms with E-state index in [1.807, 2.05) is 37.3 Å². The number of urea groups is 1. The van der Waals surface area contributed by atoms with Gasteiger partial charge in [-0.05, 0) is 18.6 Å². The van der Waals surface area contributed by atoms with Crippen molar-refractivity contribution in [1.82, 2.24) is 20.2 Å². The van der Waals surface area contributed by atoms with Gasteiger partial charge in [-0.15, -0.1) is 11.3 Å². The number of carbonyl (C=O) groups excluding carboxylic acids is 2. The van der Waals surface area contributed by atoms with Crippen molar-refractivity contribution in [1.29, 1.82) is 0 Å². The van der Waals surface area contributed by atoms with Gasteiger partial charge in [0.2, 0.25) is 5.91 Å². The minimum Gasteiger partial charge on any atom is -0.341 e. The second kappa shape index (κ2) is 6.86. The molecular weight excluding hydrogens is 340 g/mol. The number of imide groups is 1. The molecule has 2 heterocycles. The molecule has 3 aromatic rings. The average Bonchev–Trinajstić information content (AvgIpc) is 3.02. The van der Waals surface area contributed by atoms with Crippen molar-refractivity contribution in [2.45, 2.75) is 13.5 Å². The molecule has 3 rings (SSSR count). The summed E-state index contributed by atoms with van der Waals surface area (Å²) in [4.78, 5) is 40.7. The Kier molecular flexibility index (Phi) is 4.62. The molecule has 25 heavy (non-hydrogen) atoms. The van der Waals surface area contributed by atoms with Crippen molar-refractivity contribution in [3.8, 4) is 10.4 Å². The third kappa shape index (κ3) is 3.58. The van der Waals surface area contributed by atoms with E-state index in [9.17, 15) is 14.4 Å². The maximum atomic E-state index is 12.6. The third-order valence-corrected chi connectivity index (χ3v) is 4.76. The van der Waals surface area contributed by atoms with Crippen molar-refractivity contribution in [3.05, 3.63) is 52.6 Å². The summed E-state index contributed by atoms with van der Waals surface area (Å²) in [6, 6.07) is 9.24. The van der Waals surface area contributed by atoms with Crippen LogP contribution in [0.4, 0.5) is 4.79 Å². The molecule has 0 spiro atoms. The van der Waals surface area contributed by atoms with Gasteiger partial charge in [0.25, 0.3) is 5.56 Å². The van der Waals surface area contributed by atoms with Gasteiger partial charge >= 0.3 is 6.03 Å². The van der Waals surface area contributed by atoms with Gasteiger partial charge in [0.1, 0.15) is 11.2 Å². The van der Waals surface area contributed by atoms with Gasteiger partial charge in [-0.25, -0.2) is 9.78 Å². The van der Waals surface area contributed by atoms with E-state index >= 15 is 0 Å². The molecule has 0 aliphatic carbocycles. The number of thiophene rings is 1. The molecule has 0 radical (unpaired) electrons. The molecule has 7 nitrogen and oxygen atoms in total. The van der Waals surface area contributed by atoms with E-state index in [1.54, 1.807) is 0 Å². The minimum absolute atomic E-state index is 0.271. The first-order valence-electron chi connectivity index (χ1n) is 7.55. The highest BCUT2D eigenvalue weighted by molar-refractivity contribution is 7.22. The summed E-state index contributed by atoms with van der Waals surface area (Å²) in [6.07, 6.45) is 1.32. The van der Waals surface area contributed by atoms with E-state index in [4.69, 9.17) is 0 Å². The van der Waals surface area contributed by atoms with E-state index in [2.05, 4.69) is 15.6 Å². The Bertz CT molecular complexity index is 1020. The lowest BCUT2D eigenvalue weighted by Gasteiger charge is -2.05. The topological polar surface area (TPSA) is 93.1 Å². The largest absolute Gasteiger partial charge is 0.341 e. The van der Waals surface area contributed by atoms with Crippen LogP contribution in [0, 0.1) is 6.92 Å². The predicted octanol–water partition coefficient (Wildman–Crippen LogP) is 1.89. The highest BCUT2D eigenvalue weighted by Gasteiger charge is 2.13. The summed E-state index contributed by atoms with van der Waals surface area (Å²) in [7, 11) is 1.40. The molecule has 0 unspecified atom stereocenters. The number of hydrogen-bond acceptors (Lipinski definition) is 5. The second-order valence-corrected chi connectivity index (χ2v) is 6.55. The lowest BCUT2D eigenvalue weighted by molar-refractivity contribution is -0.120. The zero-order chi connectivity index (χ0) is 18.0. The molecule has 3 amide bonds. The number of carbonyl (C=O) groups is 2. The molecule has 0 aliphatic heterocycles. The third-order valence-electron chi connectivity index (χ3n) is 3.60. The molecular formula is C17H16N4O3S. The Morgan fingerprint density at radius 1 is 1.28 bits per heavy atom. The molecule has 0 fully saturated rings. The Hall–Kier alpha value is -3.00. The van der Waals surface area contributed by atoms with E-state index in [-0.39, 0.29) is 12.1 Å². The fraction of sp³-hybridized carbons (Fsp3) is 0.176. The molecule has 2 aromatic heterocycles. The smallest absolute Gasteiger partial charge is 0.321 e. The van der Waals surface area contributed by atoms with Crippen molar-refractivity contribution < 1.29 is 9.59 Å². The summed E-state index contributed by atoms with van der Waals surface area (Å²) in [5.41, 5.74) is 2.44. The highest BCUT2D eigenvalue weighted by atomic mass is 32.1. The van der Waals surface area contributed by atoms with Crippen LogP contribution in [0.15, 0.2) is 41.5 Å². The Balaban J connectivity index is 1.94. The Labute approximate surface area is 147 Å². The van der Waals surface area contributed by atoms with Crippen LogP contribution in [0.5, 0.6) is 0 Å². The van der Waals surface area contributed by atoms with Crippen LogP contribution >= 0.6 is 11.3 Å². The Morgan fingerprint density at radius 2 is 2.08 bits per heavy atom. The number of benzene rings is 1. The number of rotatable bonds is 3. The van der Waals surface area contributed by atoms with Crippen LogP contribution in [-0.4, -0.2) is 28.5 Å². The fourth-order valence-electron chi connectivity index (χ4n) is 2.38. The SMILES string of the molecule is CNC(=O)NC(=O)Cn1cnc2cc(-c3cccc(C)c3)sc2c1=O. The lowest BCUT2D eigenvalue weighted by atomic mass is 10.1. The summed E-state index contributed by atoms with van der Waals surface area (Å²) in [5.74, 6) is -0.585. The number of hydrogen-bond donors (Lipinski definition) is 2. The Morgan fingerprint density at radius 3 is 2.80 bits per heavy atom. The number of aromatic nitrogens is 2. The number of nitrogens with zero attached hydrogens (tertiary/aromatic N) is 2. The molecule has 0 bridgehead atoms. The molecule has 1 aromatic carbocycles. The van der Waals surface area contributed by atoms with Gasteiger partial charge in [0.15, 0.2) is 0 Å². The molecule has 0 aliphatic rings. The zero-order valence-corrected chi connectivity index (χ0v) is 14.5. The maximum Gasteiger partial charge on any atom is 0.321 e. The van der Waals surface area contributed by atoms with Crippen LogP contribution in [-0.2, 0) is 11.3 Å². The number of fused-ring (bicyclic) bond motifs is 1.